The summed E-state index contributed by atoms with van der Waals surface area (Å²) in [6, 6.07) is 0.669. The summed E-state index contributed by atoms with van der Waals surface area (Å²) in [4.78, 5) is 0. The fraction of sp³-hybridized carbons (Fsp3) is 1.00. The van der Waals surface area contributed by atoms with Crippen molar-refractivity contribution in [1.29, 1.82) is 0 Å². The van der Waals surface area contributed by atoms with E-state index in [1.807, 2.05) is 0 Å². The van der Waals surface area contributed by atoms with Crippen LogP contribution in [0, 0.1) is 46.3 Å². The second-order valence-electron chi connectivity index (χ2n) is 12.2. The van der Waals surface area contributed by atoms with Crippen LogP contribution in [-0.2, 0) is 0 Å². The van der Waals surface area contributed by atoms with E-state index in [9.17, 15) is 5.11 Å². The van der Waals surface area contributed by atoms with Gasteiger partial charge in [0.15, 0.2) is 0 Å². The molecule has 4 fully saturated rings. The van der Waals surface area contributed by atoms with E-state index in [1.165, 1.54) is 57.9 Å². The Kier molecular flexibility index (Phi) is 5.95. The molecule has 2 nitrogen and oxygen atoms in total. The topological polar surface area (TPSA) is 32.3 Å². The first-order chi connectivity index (χ1) is 13.3. The summed E-state index contributed by atoms with van der Waals surface area (Å²) in [5.41, 5.74) is 1.07. The van der Waals surface area contributed by atoms with Gasteiger partial charge in [0.25, 0.3) is 0 Å². The van der Waals surface area contributed by atoms with Gasteiger partial charge in [-0.05, 0) is 124 Å². The van der Waals surface area contributed by atoms with Crippen LogP contribution in [0.4, 0.5) is 0 Å². The number of hydrogen-bond acceptors (Lipinski definition) is 2. The van der Waals surface area contributed by atoms with Crippen LogP contribution in [0.15, 0.2) is 0 Å². The Morgan fingerprint density at radius 2 is 1.61 bits per heavy atom. The largest absolute Gasteiger partial charge is 0.393 e. The minimum Gasteiger partial charge on any atom is -0.393 e. The lowest BCUT2D eigenvalue weighted by atomic mass is 9.44. The van der Waals surface area contributed by atoms with Gasteiger partial charge in [-0.3, -0.25) is 0 Å². The highest BCUT2D eigenvalue weighted by molar-refractivity contribution is 5.10. The molecule has 162 valence electrons. The van der Waals surface area contributed by atoms with Gasteiger partial charge in [-0.1, -0.05) is 27.7 Å². The van der Waals surface area contributed by atoms with E-state index < -0.39 is 0 Å². The van der Waals surface area contributed by atoms with E-state index in [0.717, 1.165) is 48.3 Å². The van der Waals surface area contributed by atoms with Gasteiger partial charge in [0.1, 0.15) is 0 Å². The van der Waals surface area contributed by atoms with Gasteiger partial charge in [-0.15, -0.1) is 0 Å². The number of hydrogen-bond donors (Lipinski definition) is 2. The number of aliphatic hydroxyl groups excluding tert-OH is 1. The maximum Gasteiger partial charge on any atom is 0.0543 e. The molecule has 28 heavy (non-hydrogen) atoms. The van der Waals surface area contributed by atoms with E-state index in [-0.39, 0.29) is 6.10 Å². The molecule has 4 rings (SSSR count). The third kappa shape index (κ3) is 3.49. The van der Waals surface area contributed by atoms with Crippen molar-refractivity contribution in [2.75, 3.05) is 6.54 Å². The molecule has 2 N–H and O–H groups in total. The molecule has 4 aliphatic carbocycles. The average Bonchev–Trinajstić information content (AvgIpc) is 2.99. The Bertz CT molecular complexity index is 547. The number of fused-ring (bicyclic) bond motifs is 5. The zero-order valence-corrected chi connectivity index (χ0v) is 19.3. The SMILES string of the molecule is CC(C)CCNC(C)C1CCC2C3CCC4CC(O)CCC4(C)C3CCC12C. The first-order valence-electron chi connectivity index (χ1n) is 12.7. The Hall–Kier alpha value is -0.0800. The Morgan fingerprint density at radius 1 is 0.893 bits per heavy atom. The lowest BCUT2D eigenvalue weighted by Crippen LogP contribution is -2.55. The highest BCUT2D eigenvalue weighted by atomic mass is 16.3. The number of nitrogens with one attached hydrogen (secondary N) is 1. The van der Waals surface area contributed by atoms with E-state index >= 15 is 0 Å². The van der Waals surface area contributed by atoms with Gasteiger partial charge in [0.05, 0.1) is 6.10 Å². The van der Waals surface area contributed by atoms with Crippen LogP contribution in [-0.4, -0.2) is 23.8 Å². The van der Waals surface area contributed by atoms with Crippen LogP contribution in [0.25, 0.3) is 0 Å². The molecule has 4 aliphatic rings. The smallest absolute Gasteiger partial charge is 0.0543 e. The fourth-order valence-corrected chi connectivity index (χ4v) is 8.84. The maximum absolute atomic E-state index is 10.2. The fourth-order valence-electron chi connectivity index (χ4n) is 8.84. The lowest BCUT2D eigenvalue weighted by molar-refractivity contribution is -0.127. The normalized spacial score (nSPS) is 49.4. The molecular weight excluding hydrogens is 342 g/mol. The van der Waals surface area contributed by atoms with Crippen molar-refractivity contribution in [3.05, 3.63) is 0 Å². The molecule has 9 unspecified atom stereocenters. The minimum absolute atomic E-state index is 0.0166. The zero-order valence-electron chi connectivity index (χ0n) is 19.3. The molecule has 9 atom stereocenters. The predicted molar refractivity (Wildman–Crippen MR) is 118 cm³/mol. The average molecular weight is 390 g/mol. The molecule has 0 spiro atoms. The third-order valence-electron chi connectivity index (χ3n) is 10.5. The first-order valence-corrected chi connectivity index (χ1v) is 12.7. The molecule has 2 heteroatoms. The summed E-state index contributed by atoms with van der Waals surface area (Å²) in [5.74, 6) is 5.30. The van der Waals surface area contributed by atoms with Crippen LogP contribution in [0.1, 0.15) is 98.8 Å². The van der Waals surface area contributed by atoms with Crippen molar-refractivity contribution >= 4 is 0 Å². The second kappa shape index (κ2) is 7.88. The van der Waals surface area contributed by atoms with Crippen molar-refractivity contribution in [2.45, 2.75) is 111 Å². The first kappa shape index (κ1) is 21.2. The standard InChI is InChI=1S/C26H47NO/c1-17(2)12-15-27-18(3)22-8-9-23-21-7-6-19-16-20(28)10-13-25(19,4)24(21)11-14-26(22,23)5/h17-24,27-28H,6-16H2,1-5H3. The molecule has 4 saturated carbocycles. The lowest BCUT2D eigenvalue weighted by Gasteiger charge is -2.61. The van der Waals surface area contributed by atoms with Crippen LogP contribution in [0.3, 0.4) is 0 Å². The molecule has 0 aliphatic heterocycles. The van der Waals surface area contributed by atoms with E-state index in [2.05, 4.69) is 39.9 Å². The van der Waals surface area contributed by atoms with Gasteiger partial charge in [0.2, 0.25) is 0 Å². The zero-order chi connectivity index (χ0) is 20.1. The molecule has 0 saturated heterocycles. The van der Waals surface area contributed by atoms with E-state index in [0.29, 0.717) is 16.9 Å². The highest BCUT2D eigenvalue weighted by Gasteiger charge is 2.60. The van der Waals surface area contributed by atoms with Gasteiger partial charge in [-0.2, -0.15) is 0 Å². The predicted octanol–water partition coefficient (Wildman–Crippen LogP) is 6.03. The molecule has 0 aromatic rings. The van der Waals surface area contributed by atoms with E-state index in [4.69, 9.17) is 0 Å². The summed E-state index contributed by atoms with van der Waals surface area (Å²) >= 11 is 0. The van der Waals surface area contributed by atoms with Crippen LogP contribution >= 0.6 is 0 Å². The Labute approximate surface area is 174 Å². The molecule has 0 bridgehead atoms. The van der Waals surface area contributed by atoms with Gasteiger partial charge in [0, 0.05) is 6.04 Å². The molecule has 0 aromatic heterocycles. The summed E-state index contributed by atoms with van der Waals surface area (Å²) in [6.07, 6.45) is 13.3. The van der Waals surface area contributed by atoms with Crippen LogP contribution < -0.4 is 5.32 Å². The summed E-state index contributed by atoms with van der Waals surface area (Å²) in [7, 11) is 0. The number of rotatable bonds is 5. The van der Waals surface area contributed by atoms with Crippen LogP contribution in [0.2, 0.25) is 0 Å². The minimum atomic E-state index is -0.0166. The van der Waals surface area contributed by atoms with Crippen LogP contribution in [0.5, 0.6) is 0 Å². The molecule has 0 aromatic carbocycles. The Balaban J connectivity index is 1.46. The van der Waals surface area contributed by atoms with Crippen molar-refractivity contribution in [3.8, 4) is 0 Å². The van der Waals surface area contributed by atoms with Gasteiger partial charge >= 0.3 is 0 Å². The summed E-state index contributed by atoms with van der Waals surface area (Å²) in [5, 5.41) is 14.2. The monoisotopic (exact) mass is 389 g/mol. The van der Waals surface area contributed by atoms with Crippen molar-refractivity contribution in [3.63, 3.8) is 0 Å². The highest BCUT2D eigenvalue weighted by Crippen LogP contribution is 2.67. The van der Waals surface area contributed by atoms with Gasteiger partial charge in [-0.25, -0.2) is 0 Å². The number of aliphatic hydroxyl groups is 1. The Morgan fingerprint density at radius 3 is 2.36 bits per heavy atom. The second-order valence-corrected chi connectivity index (χ2v) is 12.2. The van der Waals surface area contributed by atoms with Crippen molar-refractivity contribution in [2.24, 2.45) is 46.3 Å². The van der Waals surface area contributed by atoms with Crippen molar-refractivity contribution in [1.82, 2.24) is 5.32 Å². The molecular formula is C26H47NO. The quantitative estimate of drug-likeness (QED) is 0.601. The molecule has 0 heterocycles. The third-order valence-corrected chi connectivity index (χ3v) is 10.5. The summed E-state index contributed by atoms with van der Waals surface area (Å²) < 4.78 is 0. The molecule has 0 radical (unpaired) electrons. The van der Waals surface area contributed by atoms with E-state index in [1.54, 1.807) is 0 Å². The maximum atomic E-state index is 10.2. The summed E-state index contributed by atoms with van der Waals surface area (Å²) in [6.45, 7) is 13.6. The molecule has 0 amide bonds. The van der Waals surface area contributed by atoms with Crippen molar-refractivity contribution < 1.29 is 5.11 Å². The van der Waals surface area contributed by atoms with Gasteiger partial charge < -0.3 is 10.4 Å².